The number of anilines is 1. The van der Waals surface area contributed by atoms with Gasteiger partial charge in [0.2, 0.25) is 0 Å². The van der Waals surface area contributed by atoms with Crippen LogP contribution in [0.4, 0.5) is 10.6 Å². The maximum Gasteiger partial charge on any atom is 0.323 e. The number of aromatic nitrogens is 1. The third-order valence-corrected chi connectivity index (χ3v) is 2.93. The first-order valence-electron chi connectivity index (χ1n) is 5.71. The minimum Gasteiger partial charge on any atom is -0.381 e. The number of urea groups is 1. The number of nitrogens with one attached hydrogen (secondary N) is 1. The zero-order chi connectivity index (χ0) is 12.3. The van der Waals surface area contributed by atoms with Gasteiger partial charge < -0.3 is 14.2 Å². The molecule has 1 fully saturated rings. The molecule has 1 aliphatic heterocycles. The molecule has 0 saturated carbocycles. The summed E-state index contributed by atoms with van der Waals surface area (Å²) < 4.78 is 10.1. The van der Waals surface area contributed by atoms with Crippen LogP contribution < -0.4 is 5.32 Å². The molecule has 0 unspecified atom stereocenters. The van der Waals surface area contributed by atoms with Crippen molar-refractivity contribution in [3.05, 3.63) is 11.8 Å². The van der Waals surface area contributed by atoms with E-state index in [1.165, 1.54) is 0 Å². The number of nitrogens with zero attached hydrogens (tertiary/aromatic N) is 2. The number of hydrogen-bond donors (Lipinski definition) is 1. The second-order valence-corrected chi connectivity index (χ2v) is 4.18. The van der Waals surface area contributed by atoms with Crippen molar-refractivity contribution in [3.63, 3.8) is 0 Å². The van der Waals surface area contributed by atoms with Crippen LogP contribution in [0.15, 0.2) is 10.6 Å². The summed E-state index contributed by atoms with van der Waals surface area (Å²) in [4.78, 5) is 13.6. The van der Waals surface area contributed by atoms with Gasteiger partial charge in [-0.05, 0) is 19.8 Å². The Morgan fingerprint density at radius 3 is 2.82 bits per heavy atom. The molecule has 0 atom stereocenters. The number of hydrogen-bond acceptors (Lipinski definition) is 4. The van der Waals surface area contributed by atoms with Gasteiger partial charge in [0.25, 0.3) is 0 Å². The van der Waals surface area contributed by atoms with E-state index in [9.17, 15) is 4.79 Å². The first-order chi connectivity index (χ1) is 8.19. The standard InChI is InChI=1S/C11H17N3O3/c1-8-7-10(13-17-8)12-11(15)14-5-3-9(16-2)4-6-14/h7,9H,3-6H2,1-2H3,(H,12,13,15). The highest BCUT2D eigenvalue weighted by Gasteiger charge is 2.22. The smallest absolute Gasteiger partial charge is 0.323 e. The van der Waals surface area contributed by atoms with Crippen molar-refractivity contribution in [1.82, 2.24) is 10.1 Å². The predicted molar refractivity (Wildman–Crippen MR) is 61.9 cm³/mol. The number of rotatable bonds is 2. The first-order valence-corrected chi connectivity index (χ1v) is 5.71. The maximum atomic E-state index is 11.9. The lowest BCUT2D eigenvalue weighted by molar-refractivity contribution is 0.0521. The Bertz CT molecular complexity index is 383. The molecule has 1 aromatic rings. The Labute approximate surface area is 99.9 Å². The molecule has 6 nitrogen and oxygen atoms in total. The van der Waals surface area contributed by atoms with Gasteiger partial charge in [0.05, 0.1) is 6.10 Å². The van der Waals surface area contributed by atoms with Crippen LogP contribution in [0.2, 0.25) is 0 Å². The molecule has 2 amide bonds. The van der Waals surface area contributed by atoms with Crippen LogP contribution in [0.3, 0.4) is 0 Å². The molecule has 0 aromatic carbocycles. The summed E-state index contributed by atoms with van der Waals surface area (Å²) in [6.07, 6.45) is 2.03. The molecular formula is C11H17N3O3. The number of amides is 2. The average molecular weight is 239 g/mol. The first kappa shape index (κ1) is 11.9. The normalized spacial score (nSPS) is 17.2. The van der Waals surface area contributed by atoms with Crippen LogP contribution in [0.5, 0.6) is 0 Å². The molecule has 2 rings (SSSR count). The predicted octanol–water partition coefficient (Wildman–Crippen LogP) is 1.63. The molecule has 94 valence electrons. The lowest BCUT2D eigenvalue weighted by Gasteiger charge is -2.30. The van der Waals surface area contributed by atoms with Crippen LogP contribution in [0, 0.1) is 6.92 Å². The molecule has 1 aliphatic rings. The third-order valence-electron chi connectivity index (χ3n) is 2.93. The van der Waals surface area contributed by atoms with E-state index in [0.29, 0.717) is 24.7 Å². The number of ether oxygens (including phenoxy) is 1. The molecule has 1 N–H and O–H groups in total. The Hall–Kier alpha value is -1.56. The number of piperidine rings is 1. The largest absolute Gasteiger partial charge is 0.381 e. The molecule has 1 aromatic heterocycles. The van der Waals surface area contributed by atoms with Gasteiger partial charge in [0.15, 0.2) is 5.82 Å². The van der Waals surface area contributed by atoms with Crippen molar-refractivity contribution in [3.8, 4) is 0 Å². The number of aryl methyl sites for hydroxylation is 1. The van der Waals surface area contributed by atoms with Crippen molar-refractivity contribution < 1.29 is 14.1 Å². The van der Waals surface area contributed by atoms with Gasteiger partial charge in [-0.25, -0.2) is 4.79 Å². The van der Waals surface area contributed by atoms with Crippen molar-refractivity contribution >= 4 is 11.8 Å². The zero-order valence-electron chi connectivity index (χ0n) is 10.1. The van der Waals surface area contributed by atoms with E-state index in [-0.39, 0.29) is 12.1 Å². The van der Waals surface area contributed by atoms with Crippen molar-refractivity contribution in [2.24, 2.45) is 0 Å². The van der Waals surface area contributed by atoms with Gasteiger partial charge in [-0.2, -0.15) is 0 Å². The number of likely N-dealkylation sites (tertiary alicyclic amines) is 1. The number of carbonyl (C=O) groups excluding carboxylic acids is 1. The molecule has 0 spiro atoms. The molecule has 1 saturated heterocycles. The minimum atomic E-state index is -0.132. The fourth-order valence-electron chi connectivity index (χ4n) is 1.91. The van der Waals surface area contributed by atoms with E-state index >= 15 is 0 Å². The SMILES string of the molecule is COC1CCN(C(=O)Nc2cc(C)on2)CC1. The topological polar surface area (TPSA) is 67.6 Å². The summed E-state index contributed by atoms with van der Waals surface area (Å²) in [5.41, 5.74) is 0. The van der Waals surface area contributed by atoms with E-state index in [0.717, 1.165) is 12.8 Å². The molecule has 6 heteroatoms. The Kier molecular flexibility index (Phi) is 3.63. The molecule has 0 bridgehead atoms. The monoisotopic (exact) mass is 239 g/mol. The van der Waals surface area contributed by atoms with Crippen LogP contribution >= 0.6 is 0 Å². The van der Waals surface area contributed by atoms with Gasteiger partial charge in [-0.1, -0.05) is 5.16 Å². The van der Waals surface area contributed by atoms with E-state index in [1.54, 1.807) is 25.0 Å². The summed E-state index contributed by atoms with van der Waals surface area (Å²) in [7, 11) is 1.71. The van der Waals surface area contributed by atoms with E-state index < -0.39 is 0 Å². The summed E-state index contributed by atoms with van der Waals surface area (Å²) in [5, 5.41) is 6.43. The van der Waals surface area contributed by atoms with Crippen LogP contribution in [0.25, 0.3) is 0 Å². The van der Waals surface area contributed by atoms with Crippen LogP contribution in [0.1, 0.15) is 18.6 Å². The van der Waals surface area contributed by atoms with Gasteiger partial charge in [0.1, 0.15) is 5.76 Å². The highest BCUT2D eigenvalue weighted by atomic mass is 16.5. The van der Waals surface area contributed by atoms with Gasteiger partial charge in [0, 0.05) is 26.3 Å². The fraction of sp³-hybridized carbons (Fsp3) is 0.636. The van der Waals surface area contributed by atoms with E-state index in [2.05, 4.69) is 10.5 Å². The fourth-order valence-corrected chi connectivity index (χ4v) is 1.91. The van der Waals surface area contributed by atoms with Crippen molar-refractivity contribution in [1.29, 1.82) is 0 Å². The molecule has 2 heterocycles. The molecule has 17 heavy (non-hydrogen) atoms. The average Bonchev–Trinajstić information content (AvgIpc) is 2.75. The molecule has 0 aliphatic carbocycles. The second kappa shape index (κ2) is 5.18. The Balaban J connectivity index is 1.85. The molecule has 0 radical (unpaired) electrons. The van der Waals surface area contributed by atoms with E-state index in [1.807, 2.05) is 0 Å². The van der Waals surface area contributed by atoms with Gasteiger partial charge >= 0.3 is 6.03 Å². The second-order valence-electron chi connectivity index (χ2n) is 4.18. The highest BCUT2D eigenvalue weighted by Crippen LogP contribution is 2.14. The summed E-state index contributed by atoms with van der Waals surface area (Å²) >= 11 is 0. The van der Waals surface area contributed by atoms with Gasteiger partial charge in [-0.3, -0.25) is 5.32 Å². The summed E-state index contributed by atoms with van der Waals surface area (Å²) in [6.45, 7) is 3.20. The number of methoxy groups -OCH3 is 1. The zero-order valence-corrected chi connectivity index (χ0v) is 10.1. The Morgan fingerprint density at radius 2 is 2.29 bits per heavy atom. The van der Waals surface area contributed by atoms with E-state index in [4.69, 9.17) is 9.26 Å². The summed E-state index contributed by atoms with van der Waals surface area (Å²) in [6, 6.07) is 1.56. The Morgan fingerprint density at radius 1 is 1.59 bits per heavy atom. The minimum absolute atomic E-state index is 0.132. The maximum absolute atomic E-state index is 11.9. The van der Waals surface area contributed by atoms with Crippen molar-refractivity contribution in [2.45, 2.75) is 25.9 Å². The lowest BCUT2D eigenvalue weighted by atomic mass is 10.1. The van der Waals surface area contributed by atoms with Gasteiger partial charge in [-0.15, -0.1) is 0 Å². The molecular weight excluding hydrogens is 222 g/mol. The van der Waals surface area contributed by atoms with Crippen LogP contribution in [-0.2, 0) is 4.74 Å². The number of carbonyl (C=O) groups is 1. The third kappa shape index (κ3) is 2.97. The van der Waals surface area contributed by atoms with Crippen molar-refractivity contribution in [2.75, 3.05) is 25.5 Å². The quantitative estimate of drug-likeness (QED) is 0.851. The highest BCUT2D eigenvalue weighted by molar-refractivity contribution is 5.88. The summed E-state index contributed by atoms with van der Waals surface area (Å²) in [5.74, 6) is 1.14. The lowest BCUT2D eigenvalue weighted by Crippen LogP contribution is -2.42. The van der Waals surface area contributed by atoms with Crippen LogP contribution in [-0.4, -0.2) is 42.4 Å².